The minimum Gasteiger partial charge on any atom is -0.436 e. The van der Waals surface area contributed by atoms with Crippen LogP contribution in [0.4, 0.5) is 0 Å². The third-order valence-corrected chi connectivity index (χ3v) is 4.53. The number of nitrogens with zero attached hydrogens (tertiary/aromatic N) is 4. The van der Waals surface area contributed by atoms with Gasteiger partial charge in [0.25, 0.3) is 0 Å². The lowest BCUT2D eigenvalue weighted by atomic mass is 10.3. The molecule has 4 rings (SSSR count). The number of halogens is 1. The van der Waals surface area contributed by atoms with Gasteiger partial charge in [-0.25, -0.2) is 0 Å². The Kier molecular flexibility index (Phi) is 4.49. The second-order valence-electron chi connectivity index (χ2n) is 5.39. The molecule has 130 valence electrons. The maximum Gasteiger partial charge on any atom is 0.327 e. The molecule has 0 saturated carbocycles. The molecule has 8 heteroatoms. The first-order valence-corrected chi connectivity index (χ1v) is 8.77. The summed E-state index contributed by atoms with van der Waals surface area (Å²) in [5.74, 6) is 1.50. The molecule has 26 heavy (non-hydrogen) atoms. The molecule has 0 fully saturated rings. The van der Waals surface area contributed by atoms with Crippen molar-refractivity contribution in [2.24, 2.45) is 0 Å². The van der Waals surface area contributed by atoms with Gasteiger partial charge in [0.05, 0.1) is 22.3 Å². The first kappa shape index (κ1) is 16.5. The van der Waals surface area contributed by atoms with Gasteiger partial charge < -0.3 is 14.5 Å². The SMILES string of the molecule is CCc1[nH]c2nc(Oc3cccnc3)nc(Oc3cccnc3)c2c1Br. The van der Waals surface area contributed by atoms with Crippen molar-refractivity contribution >= 4 is 27.0 Å². The van der Waals surface area contributed by atoms with Crippen molar-refractivity contribution in [3.8, 4) is 23.4 Å². The summed E-state index contributed by atoms with van der Waals surface area (Å²) in [5, 5.41) is 0.754. The molecule has 0 spiro atoms. The van der Waals surface area contributed by atoms with Crippen LogP contribution in [0.3, 0.4) is 0 Å². The van der Waals surface area contributed by atoms with Crippen molar-refractivity contribution in [2.75, 3.05) is 0 Å². The Labute approximate surface area is 157 Å². The van der Waals surface area contributed by atoms with E-state index in [1.165, 1.54) is 0 Å². The predicted molar refractivity (Wildman–Crippen MR) is 99.6 cm³/mol. The highest BCUT2D eigenvalue weighted by molar-refractivity contribution is 9.10. The summed E-state index contributed by atoms with van der Waals surface area (Å²) in [4.78, 5) is 20.3. The van der Waals surface area contributed by atoms with Gasteiger partial charge in [-0.1, -0.05) is 6.92 Å². The number of pyridine rings is 2. The smallest absolute Gasteiger partial charge is 0.327 e. The summed E-state index contributed by atoms with van der Waals surface area (Å²) < 4.78 is 12.6. The number of hydrogen-bond acceptors (Lipinski definition) is 6. The van der Waals surface area contributed by atoms with Crippen LogP contribution in [-0.4, -0.2) is 24.9 Å². The molecular formula is C18H14BrN5O2. The van der Waals surface area contributed by atoms with Crippen LogP contribution in [0.15, 0.2) is 53.5 Å². The number of fused-ring (bicyclic) bond motifs is 1. The zero-order valence-corrected chi connectivity index (χ0v) is 15.4. The average molecular weight is 412 g/mol. The summed E-state index contributed by atoms with van der Waals surface area (Å²) in [6.07, 6.45) is 7.38. The van der Waals surface area contributed by atoms with E-state index in [4.69, 9.17) is 9.47 Å². The molecule has 0 amide bonds. The molecule has 0 unspecified atom stereocenters. The molecular weight excluding hydrogens is 398 g/mol. The van der Waals surface area contributed by atoms with E-state index < -0.39 is 0 Å². The lowest BCUT2D eigenvalue weighted by Gasteiger charge is -2.08. The van der Waals surface area contributed by atoms with Crippen molar-refractivity contribution in [1.82, 2.24) is 24.9 Å². The number of hydrogen-bond donors (Lipinski definition) is 1. The van der Waals surface area contributed by atoms with E-state index in [1.54, 1.807) is 43.0 Å². The maximum atomic E-state index is 5.95. The average Bonchev–Trinajstić information content (AvgIpc) is 2.99. The summed E-state index contributed by atoms with van der Waals surface area (Å²) in [6, 6.07) is 7.33. The fraction of sp³-hybridized carbons (Fsp3) is 0.111. The standard InChI is InChI=1S/C18H14BrN5O2/c1-2-13-15(19)14-16(22-13)23-18(26-12-6-4-8-21-10-12)24-17(14)25-11-5-3-7-20-9-11/h3-10H,2H2,1H3,(H,22,23,24). The Bertz CT molecular complexity index is 1040. The number of ether oxygens (including phenoxy) is 2. The largest absolute Gasteiger partial charge is 0.436 e. The Morgan fingerprint density at radius 3 is 2.31 bits per heavy atom. The summed E-state index contributed by atoms with van der Waals surface area (Å²) in [6.45, 7) is 2.05. The predicted octanol–water partition coefficient (Wildman–Crippen LogP) is 4.66. The van der Waals surface area contributed by atoms with Crippen LogP contribution >= 0.6 is 15.9 Å². The molecule has 7 nitrogen and oxygen atoms in total. The lowest BCUT2D eigenvalue weighted by Crippen LogP contribution is -1.97. The lowest BCUT2D eigenvalue weighted by molar-refractivity contribution is 0.415. The Hall–Kier alpha value is -3.00. The van der Waals surface area contributed by atoms with Gasteiger partial charge in [-0.2, -0.15) is 9.97 Å². The third kappa shape index (κ3) is 3.23. The number of aryl methyl sites for hydroxylation is 1. The maximum absolute atomic E-state index is 5.95. The molecule has 4 aromatic rings. The van der Waals surface area contributed by atoms with Gasteiger partial charge in [0.15, 0.2) is 0 Å². The highest BCUT2D eigenvalue weighted by Crippen LogP contribution is 2.37. The number of aromatic amines is 1. The van der Waals surface area contributed by atoms with Crippen molar-refractivity contribution < 1.29 is 9.47 Å². The van der Waals surface area contributed by atoms with E-state index in [2.05, 4.69) is 47.8 Å². The van der Waals surface area contributed by atoms with Gasteiger partial charge in [0.1, 0.15) is 17.1 Å². The Morgan fingerprint density at radius 2 is 1.69 bits per heavy atom. The van der Waals surface area contributed by atoms with Crippen molar-refractivity contribution in [1.29, 1.82) is 0 Å². The minimum absolute atomic E-state index is 0.167. The molecule has 4 aromatic heterocycles. The van der Waals surface area contributed by atoms with Crippen LogP contribution in [0, 0.1) is 0 Å². The number of aromatic nitrogens is 5. The molecule has 0 aromatic carbocycles. The third-order valence-electron chi connectivity index (χ3n) is 3.66. The minimum atomic E-state index is 0.167. The van der Waals surface area contributed by atoms with Gasteiger partial charge >= 0.3 is 6.01 Å². The van der Waals surface area contributed by atoms with Gasteiger partial charge in [-0.15, -0.1) is 0 Å². The van der Waals surface area contributed by atoms with E-state index in [9.17, 15) is 0 Å². The van der Waals surface area contributed by atoms with Gasteiger partial charge in [0, 0.05) is 18.1 Å². The molecule has 0 atom stereocenters. The van der Waals surface area contributed by atoms with Crippen molar-refractivity contribution in [3.05, 3.63) is 59.2 Å². The zero-order valence-electron chi connectivity index (χ0n) is 13.8. The first-order valence-electron chi connectivity index (χ1n) is 7.98. The Morgan fingerprint density at radius 1 is 1.00 bits per heavy atom. The molecule has 0 aliphatic heterocycles. The molecule has 0 radical (unpaired) electrons. The van der Waals surface area contributed by atoms with Crippen molar-refractivity contribution in [2.45, 2.75) is 13.3 Å². The monoisotopic (exact) mass is 411 g/mol. The van der Waals surface area contributed by atoms with E-state index in [1.807, 2.05) is 6.07 Å². The molecule has 0 saturated heterocycles. The van der Waals surface area contributed by atoms with Gasteiger partial charge in [-0.05, 0) is 46.6 Å². The number of H-pyrrole nitrogens is 1. The van der Waals surface area contributed by atoms with E-state index >= 15 is 0 Å². The molecule has 0 bridgehead atoms. The number of nitrogens with one attached hydrogen (secondary N) is 1. The molecule has 1 N–H and O–H groups in total. The molecule has 4 heterocycles. The first-order chi connectivity index (χ1) is 12.7. The van der Waals surface area contributed by atoms with Crippen LogP contribution in [-0.2, 0) is 6.42 Å². The van der Waals surface area contributed by atoms with Crippen LogP contribution < -0.4 is 9.47 Å². The van der Waals surface area contributed by atoms with Crippen molar-refractivity contribution in [3.63, 3.8) is 0 Å². The quantitative estimate of drug-likeness (QED) is 0.513. The summed E-state index contributed by atoms with van der Waals surface area (Å²) in [5.41, 5.74) is 1.63. The van der Waals surface area contributed by atoms with Crippen LogP contribution in [0.1, 0.15) is 12.6 Å². The fourth-order valence-electron chi connectivity index (χ4n) is 2.45. The highest BCUT2D eigenvalue weighted by Gasteiger charge is 2.19. The molecule has 0 aliphatic carbocycles. The normalized spacial score (nSPS) is 10.8. The van der Waals surface area contributed by atoms with E-state index in [0.29, 0.717) is 23.0 Å². The zero-order chi connectivity index (χ0) is 17.9. The topological polar surface area (TPSA) is 85.8 Å². The van der Waals surface area contributed by atoms with Gasteiger partial charge in [-0.3, -0.25) is 9.97 Å². The molecule has 0 aliphatic rings. The fourth-order valence-corrected chi connectivity index (χ4v) is 3.19. The highest BCUT2D eigenvalue weighted by atomic mass is 79.9. The van der Waals surface area contributed by atoms with E-state index in [0.717, 1.165) is 22.0 Å². The summed E-state index contributed by atoms with van der Waals surface area (Å²) >= 11 is 3.61. The van der Waals surface area contributed by atoms with Crippen LogP contribution in [0.25, 0.3) is 11.0 Å². The second kappa shape index (κ2) is 7.09. The van der Waals surface area contributed by atoms with E-state index in [-0.39, 0.29) is 6.01 Å². The van der Waals surface area contributed by atoms with Crippen LogP contribution in [0.2, 0.25) is 0 Å². The summed E-state index contributed by atoms with van der Waals surface area (Å²) in [7, 11) is 0. The van der Waals surface area contributed by atoms with Crippen LogP contribution in [0.5, 0.6) is 23.4 Å². The number of rotatable bonds is 5. The Balaban J connectivity index is 1.81. The van der Waals surface area contributed by atoms with Gasteiger partial charge in [0.2, 0.25) is 5.88 Å². The second-order valence-corrected chi connectivity index (χ2v) is 6.18.